The largest absolute Gasteiger partial charge is 0.481 e. The number of hydrogen-bond acceptors (Lipinski definition) is 4. The molecule has 0 aliphatic carbocycles. The molecule has 0 spiro atoms. The lowest BCUT2D eigenvalue weighted by atomic mass is 10.2. The highest BCUT2D eigenvalue weighted by Crippen LogP contribution is 2.25. The molecule has 1 atom stereocenters. The number of nitrogens with one attached hydrogen (secondary N) is 1. The number of aliphatic carboxylic acids is 2. The van der Waals surface area contributed by atoms with Gasteiger partial charge in [-0.05, 0) is 24.6 Å². The van der Waals surface area contributed by atoms with Gasteiger partial charge in [0.15, 0.2) is 0 Å². The Balaban J connectivity index is 3.03. The maximum atomic E-state index is 12.1. The maximum absolute atomic E-state index is 12.1. The molecule has 21 heavy (non-hydrogen) atoms. The summed E-state index contributed by atoms with van der Waals surface area (Å²) in [5, 5.41) is 17.5. The fourth-order valence-electron chi connectivity index (χ4n) is 1.43. The Bertz CT molecular complexity index is 661. The van der Waals surface area contributed by atoms with Gasteiger partial charge in [0, 0.05) is 11.4 Å². The standard InChI is InChI=1S/C11H11Cl2NO6S/c12-6-1-2-7(13)9(5-6)21(19,20)14-8(11(17)18)3-4-10(15)16/h1-2,5,8,14H,3-4H2,(H,15,16)(H,17,18). The predicted octanol–water partition coefficient (Wildman–Crippen LogP) is 1.59. The Morgan fingerprint density at radius 1 is 1.24 bits per heavy atom. The van der Waals surface area contributed by atoms with Crippen LogP contribution in [0.3, 0.4) is 0 Å². The number of rotatable bonds is 7. The van der Waals surface area contributed by atoms with E-state index >= 15 is 0 Å². The zero-order valence-electron chi connectivity index (χ0n) is 10.4. The van der Waals surface area contributed by atoms with Gasteiger partial charge in [-0.1, -0.05) is 23.2 Å². The summed E-state index contributed by atoms with van der Waals surface area (Å²) < 4.78 is 26.1. The lowest BCUT2D eigenvalue weighted by molar-refractivity contribution is -0.140. The molecule has 0 saturated heterocycles. The van der Waals surface area contributed by atoms with Gasteiger partial charge in [0.1, 0.15) is 10.9 Å². The molecule has 0 heterocycles. The molecule has 1 rings (SSSR count). The van der Waals surface area contributed by atoms with Gasteiger partial charge in [0.05, 0.1) is 5.02 Å². The van der Waals surface area contributed by atoms with Crippen molar-refractivity contribution in [3.05, 3.63) is 28.2 Å². The van der Waals surface area contributed by atoms with Gasteiger partial charge in [0.2, 0.25) is 10.0 Å². The Kier molecular flexibility index (Phi) is 5.97. The number of benzene rings is 1. The van der Waals surface area contributed by atoms with Crippen molar-refractivity contribution in [2.24, 2.45) is 0 Å². The number of carboxylic acid groups (broad SMARTS) is 2. The highest BCUT2D eigenvalue weighted by Gasteiger charge is 2.27. The van der Waals surface area contributed by atoms with Gasteiger partial charge in [-0.3, -0.25) is 9.59 Å². The summed E-state index contributed by atoms with van der Waals surface area (Å²) in [6.07, 6.45) is -0.898. The third-order valence-electron chi connectivity index (χ3n) is 2.43. The van der Waals surface area contributed by atoms with E-state index in [-0.39, 0.29) is 14.9 Å². The second-order valence-corrected chi connectivity index (χ2v) is 6.55. The first-order chi connectivity index (χ1) is 9.63. The molecule has 0 aliphatic rings. The van der Waals surface area contributed by atoms with Crippen LogP contribution in [0.15, 0.2) is 23.1 Å². The van der Waals surface area contributed by atoms with E-state index in [0.29, 0.717) is 0 Å². The lowest BCUT2D eigenvalue weighted by Crippen LogP contribution is -2.41. The predicted molar refractivity (Wildman–Crippen MR) is 75.1 cm³/mol. The molecule has 0 aliphatic heterocycles. The SMILES string of the molecule is O=C(O)CCC(NS(=O)(=O)c1cc(Cl)ccc1Cl)C(=O)O. The van der Waals surface area contributed by atoms with E-state index < -0.39 is 40.8 Å². The van der Waals surface area contributed by atoms with Crippen molar-refractivity contribution in [1.82, 2.24) is 4.72 Å². The van der Waals surface area contributed by atoms with Gasteiger partial charge in [0.25, 0.3) is 0 Å². The van der Waals surface area contributed by atoms with Crippen LogP contribution in [0.4, 0.5) is 0 Å². The Morgan fingerprint density at radius 2 is 1.86 bits per heavy atom. The Labute approximate surface area is 130 Å². The molecular weight excluding hydrogens is 345 g/mol. The van der Waals surface area contributed by atoms with E-state index in [1.807, 2.05) is 4.72 Å². The van der Waals surface area contributed by atoms with E-state index in [2.05, 4.69) is 0 Å². The number of halogens is 2. The molecular formula is C11H11Cl2NO6S. The van der Waals surface area contributed by atoms with Crippen LogP contribution >= 0.6 is 23.2 Å². The summed E-state index contributed by atoms with van der Waals surface area (Å²) in [4.78, 5) is 21.1. The number of carbonyl (C=O) groups is 2. The molecule has 1 unspecified atom stereocenters. The van der Waals surface area contributed by atoms with Crippen molar-refractivity contribution >= 4 is 45.2 Å². The van der Waals surface area contributed by atoms with E-state index in [1.165, 1.54) is 12.1 Å². The smallest absolute Gasteiger partial charge is 0.321 e. The Morgan fingerprint density at radius 3 is 2.38 bits per heavy atom. The van der Waals surface area contributed by atoms with Crippen LogP contribution in [0.25, 0.3) is 0 Å². The first-order valence-electron chi connectivity index (χ1n) is 5.55. The third kappa shape index (κ3) is 5.16. The third-order valence-corrected chi connectivity index (χ3v) is 4.61. The molecule has 0 bridgehead atoms. The van der Waals surface area contributed by atoms with Crippen LogP contribution in [0.5, 0.6) is 0 Å². The molecule has 1 aromatic carbocycles. The van der Waals surface area contributed by atoms with Gasteiger partial charge < -0.3 is 10.2 Å². The summed E-state index contributed by atoms with van der Waals surface area (Å²) in [6.45, 7) is 0. The maximum Gasteiger partial charge on any atom is 0.321 e. The van der Waals surface area contributed by atoms with Crippen molar-refractivity contribution in [1.29, 1.82) is 0 Å². The first kappa shape index (κ1) is 17.7. The summed E-state index contributed by atoms with van der Waals surface area (Å²) >= 11 is 11.4. The minimum Gasteiger partial charge on any atom is -0.481 e. The van der Waals surface area contributed by atoms with E-state index in [4.69, 9.17) is 33.4 Å². The van der Waals surface area contributed by atoms with Gasteiger partial charge in [-0.25, -0.2) is 8.42 Å². The molecule has 10 heteroatoms. The van der Waals surface area contributed by atoms with E-state index in [1.54, 1.807) is 0 Å². The molecule has 7 nitrogen and oxygen atoms in total. The summed E-state index contributed by atoms with van der Waals surface area (Å²) in [5.74, 6) is -2.72. The second kappa shape index (κ2) is 7.08. The van der Waals surface area contributed by atoms with E-state index in [0.717, 1.165) is 6.07 Å². The van der Waals surface area contributed by atoms with Crippen LogP contribution in [0.1, 0.15) is 12.8 Å². The van der Waals surface area contributed by atoms with Crippen LogP contribution in [-0.4, -0.2) is 36.6 Å². The first-order valence-corrected chi connectivity index (χ1v) is 7.79. The monoisotopic (exact) mass is 355 g/mol. The van der Waals surface area contributed by atoms with Crippen molar-refractivity contribution in [2.45, 2.75) is 23.8 Å². The number of carboxylic acids is 2. The van der Waals surface area contributed by atoms with Crippen LogP contribution in [0.2, 0.25) is 10.0 Å². The second-order valence-electron chi connectivity index (χ2n) is 4.02. The fraction of sp³-hybridized carbons (Fsp3) is 0.273. The zero-order chi connectivity index (χ0) is 16.2. The highest BCUT2D eigenvalue weighted by atomic mass is 35.5. The molecule has 116 valence electrons. The van der Waals surface area contributed by atoms with Crippen LogP contribution < -0.4 is 4.72 Å². The van der Waals surface area contributed by atoms with Gasteiger partial charge >= 0.3 is 11.9 Å². The minimum atomic E-state index is -4.25. The summed E-state index contributed by atoms with van der Waals surface area (Å²) in [6, 6.07) is 2.12. The van der Waals surface area contributed by atoms with E-state index in [9.17, 15) is 18.0 Å². The average molecular weight is 356 g/mol. The molecule has 1 aromatic rings. The van der Waals surface area contributed by atoms with Crippen molar-refractivity contribution < 1.29 is 28.2 Å². The van der Waals surface area contributed by atoms with Crippen LogP contribution in [0, 0.1) is 0 Å². The topological polar surface area (TPSA) is 121 Å². The highest BCUT2D eigenvalue weighted by molar-refractivity contribution is 7.89. The number of sulfonamides is 1. The van der Waals surface area contributed by atoms with Gasteiger partial charge in [-0.2, -0.15) is 4.72 Å². The number of hydrogen-bond donors (Lipinski definition) is 3. The average Bonchev–Trinajstić information content (AvgIpc) is 2.36. The molecule has 0 saturated carbocycles. The molecule has 0 aromatic heterocycles. The molecule has 0 amide bonds. The minimum absolute atomic E-state index is 0.109. The Hall–Kier alpha value is -1.35. The van der Waals surface area contributed by atoms with Crippen LogP contribution in [-0.2, 0) is 19.6 Å². The van der Waals surface area contributed by atoms with Crippen molar-refractivity contribution in [2.75, 3.05) is 0 Å². The van der Waals surface area contributed by atoms with Gasteiger partial charge in [-0.15, -0.1) is 0 Å². The fourth-order valence-corrected chi connectivity index (χ4v) is 3.42. The summed E-state index contributed by atoms with van der Waals surface area (Å²) in [5.41, 5.74) is 0. The zero-order valence-corrected chi connectivity index (χ0v) is 12.7. The molecule has 3 N–H and O–H groups in total. The normalized spacial score (nSPS) is 12.9. The lowest BCUT2D eigenvalue weighted by Gasteiger charge is -2.14. The van der Waals surface area contributed by atoms with Crippen molar-refractivity contribution in [3.8, 4) is 0 Å². The van der Waals surface area contributed by atoms with Crippen molar-refractivity contribution in [3.63, 3.8) is 0 Å². The quantitative estimate of drug-likeness (QED) is 0.682. The molecule has 0 radical (unpaired) electrons. The molecule has 0 fully saturated rings. The summed E-state index contributed by atoms with van der Waals surface area (Å²) in [7, 11) is -4.25.